The third-order valence-electron chi connectivity index (χ3n) is 2.82. The van der Waals surface area contributed by atoms with E-state index < -0.39 is 5.97 Å². The molecular formula is C15H17NO3S. The molecule has 0 aliphatic carbocycles. The number of benzene rings is 1. The maximum absolute atomic E-state index is 10.6. The fourth-order valence-corrected chi connectivity index (χ4v) is 2.70. The number of carboxylic acids is 1. The van der Waals surface area contributed by atoms with Crippen LogP contribution in [0.4, 0.5) is 0 Å². The highest BCUT2D eigenvalue weighted by Crippen LogP contribution is 2.16. The van der Waals surface area contributed by atoms with E-state index in [1.807, 2.05) is 18.2 Å². The van der Waals surface area contributed by atoms with Crippen LogP contribution >= 0.6 is 11.3 Å². The minimum Gasteiger partial charge on any atom is -0.493 e. The average Bonchev–Trinajstić information content (AvgIpc) is 2.86. The zero-order chi connectivity index (χ0) is 14.4. The molecule has 0 saturated heterocycles. The SMILES string of the molecule is CCc1cccc(OCCc2ncc(CC(=O)O)s2)c1. The van der Waals surface area contributed by atoms with Gasteiger partial charge in [-0.2, -0.15) is 0 Å². The van der Waals surface area contributed by atoms with Crippen molar-refractivity contribution in [3.63, 3.8) is 0 Å². The molecule has 0 bridgehead atoms. The quantitative estimate of drug-likeness (QED) is 0.852. The summed E-state index contributed by atoms with van der Waals surface area (Å²) in [4.78, 5) is 15.6. The van der Waals surface area contributed by atoms with Crippen LogP contribution in [0.15, 0.2) is 30.5 Å². The molecule has 5 heteroatoms. The molecule has 1 N–H and O–H groups in total. The van der Waals surface area contributed by atoms with Crippen molar-refractivity contribution in [3.8, 4) is 5.75 Å². The molecular weight excluding hydrogens is 274 g/mol. The van der Waals surface area contributed by atoms with E-state index in [1.54, 1.807) is 6.20 Å². The highest BCUT2D eigenvalue weighted by atomic mass is 32.1. The van der Waals surface area contributed by atoms with Gasteiger partial charge >= 0.3 is 5.97 Å². The zero-order valence-electron chi connectivity index (χ0n) is 11.3. The predicted octanol–water partition coefficient (Wildman–Crippen LogP) is 2.95. The third-order valence-corrected chi connectivity index (χ3v) is 3.88. The Bertz CT molecular complexity index is 580. The molecule has 0 spiro atoms. The standard InChI is InChI=1S/C15H17NO3S/c1-2-11-4-3-5-12(8-11)19-7-6-14-16-10-13(20-14)9-15(17)18/h3-5,8,10H,2,6-7,9H2,1H3,(H,17,18). The zero-order valence-corrected chi connectivity index (χ0v) is 12.2. The van der Waals surface area contributed by atoms with Gasteiger partial charge in [0.05, 0.1) is 18.0 Å². The highest BCUT2D eigenvalue weighted by molar-refractivity contribution is 7.11. The third kappa shape index (κ3) is 4.35. The summed E-state index contributed by atoms with van der Waals surface area (Å²) in [6, 6.07) is 8.04. The molecule has 1 aromatic carbocycles. The van der Waals surface area contributed by atoms with Gasteiger partial charge in [-0.3, -0.25) is 4.79 Å². The molecule has 0 aliphatic heterocycles. The van der Waals surface area contributed by atoms with E-state index in [0.29, 0.717) is 13.0 Å². The molecule has 0 atom stereocenters. The fraction of sp³-hybridized carbons (Fsp3) is 0.333. The summed E-state index contributed by atoms with van der Waals surface area (Å²) in [5.41, 5.74) is 1.25. The average molecular weight is 291 g/mol. The van der Waals surface area contributed by atoms with Gasteiger partial charge in [-0.25, -0.2) is 4.98 Å². The van der Waals surface area contributed by atoms with Gasteiger partial charge in [0.15, 0.2) is 0 Å². The number of hydrogen-bond acceptors (Lipinski definition) is 4. The van der Waals surface area contributed by atoms with Crippen molar-refractivity contribution >= 4 is 17.3 Å². The first kappa shape index (κ1) is 14.5. The maximum atomic E-state index is 10.6. The van der Waals surface area contributed by atoms with Crippen molar-refractivity contribution < 1.29 is 14.6 Å². The Labute approximate surface area is 122 Å². The number of nitrogens with zero attached hydrogens (tertiary/aromatic N) is 1. The molecule has 106 valence electrons. The van der Waals surface area contributed by atoms with Crippen LogP contribution in [0.3, 0.4) is 0 Å². The van der Waals surface area contributed by atoms with Crippen LogP contribution in [-0.2, 0) is 24.1 Å². The molecule has 0 aliphatic rings. The minimum atomic E-state index is -0.826. The van der Waals surface area contributed by atoms with Gasteiger partial charge in [0.2, 0.25) is 0 Å². The van der Waals surface area contributed by atoms with Crippen molar-refractivity contribution in [1.29, 1.82) is 0 Å². The molecule has 1 heterocycles. The molecule has 1 aromatic heterocycles. The van der Waals surface area contributed by atoms with E-state index in [4.69, 9.17) is 9.84 Å². The van der Waals surface area contributed by atoms with Crippen molar-refractivity contribution in [2.24, 2.45) is 0 Å². The monoisotopic (exact) mass is 291 g/mol. The van der Waals surface area contributed by atoms with E-state index in [2.05, 4.69) is 18.0 Å². The van der Waals surface area contributed by atoms with Crippen molar-refractivity contribution in [1.82, 2.24) is 4.98 Å². The second kappa shape index (κ2) is 7.05. The van der Waals surface area contributed by atoms with Crippen LogP contribution in [0.1, 0.15) is 22.4 Å². The van der Waals surface area contributed by atoms with Gasteiger partial charge in [0.1, 0.15) is 5.75 Å². The van der Waals surface area contributed by atoms with Gasteiger partial charge in [-0.15, -0.1) is 11.3 Å². The summed E-state index contributed by atoms with van der Waals surface area (Å²) >= 11 is 1.43. The molecule has 4 nitrogen and oxygen atoms in total. The molecule has 2 rings (SSSR count). The number of aryl methyl sites for hydroxylation is 1. The lowest BCUT2D eigenvalue weighted by molar-refractivity contribution is -0.136. The lowest BCUT2D eigenvalue weighted by Crippen LogP contribution is -2.01. The van der Waals surface area contributed by atoms with Gasteiger partial charge in [-0.1, -0.05) is 19.1 Å². The van der Waals surface area contributed by atoms with Crippen molar-refractivity contribution in [3.05, 3.63) is 45.9 Å². The molecule has 0 saturated carbocycles. The molecule has 0 radical (unpaired) electrons. The normalized spacial score (nSPS) is 10.4. The van der Waals surface area contributed by atoms with E-state index in [-0.39, 0.29) is 6.42 Å². The molecule has 0 amide bonds. The first-order valence-corrected chi connectivity index (χ1v) is 7.36. The summed E-state index contributed by atoms with van der Waals surface area (Å²) in [6.45, 7) is 2.66. The minimum absolute atomic E-state index is 0.0388. The summed E-state index contributed by atoms with van der Waals surface area (Å²) in [7, 11) is 0. The van der Waals surface area contributed by atoms with Crippen LogP contribution in [0, 0.1) is 0 Å². The first-order chi connectivity index (χ1) is 9.67. The number of rotatable bonds is 7. The number of hydrogen-bond donors (Lipinski definition) is 1. The second-order valence-electron chi connectivity index (χ2n) is 4.39. The Morgan fingerprint density at radius 1 is 1.45 bits per heavy atom. The van der Waals surface area contributed by atoms with Crippen molar-refractivity contribution in [2.75, 3.05) is 6.61 Å². The van der Waals surface area contributed by atoms with Gasteiger partial charge in [0.25, 0.3) is 0 Å². The van der Waals surface area contributed by atoms with Crippen LogP contribution in [0.25, 0.3) is 0 Å². The largest absolute Gasteiger partial charge is 0.493 e. The lowest BCUT2D eigenvalue weighted by Gasteiger charge is -2.06. The number of thiazole rings is 1. The van der Waals surface area contributed by atoms with Crippen LogP contribution in [0.2, 0.25) is 0 Å². The number of aliphatic carboxylic acids is 1. The first-order valence-electron chi connectivity index (χ1n) is 6.54. The Balaban J connectivity index is 1.83. The number of carbonyl (C=O) groups is 1. The molecule has 0 unspecified atom stereocenters. The summed E-state index contributed by atoms with van der Waals surface area (Å²) in [5.74, 6) is 0.0412. The van der Waals surface area contributed by atoms with E-state index >= 15 is 0 Å². The molecule has 0 fully saturated rings. The lowest BCUT2D eigenvalue weighted by atomic mass is 10.2. The summed E-state index contributed by atoms with van der Waals surface area (Å²) in [5, 5.41) is 9.61. The van der Waals surface area contributed by atoms with Crippen molar-refractivity contribution in [2.45, 2.75) is 26.2 Å². The Morgan fingerprint density at radius 3 is 3.05 bits per heavy atom. The van der Waals surface area contributed by atoms with E-state index in [9.17, 15) is 4.79 Å². The van der Waals surface area contributed by atoms with E-state index in [1.165, 1.54) is 16.9 Å². The van der Waals surface area contributed by atoms with Crippen LogP contribution in [0.5, 0.6) is 5.75 Å². The van der Waals surface area contributed by atoms with Gasteiger partial charge in [0, 0.05) is 17.5 Å². The second-order valence-corrected chi connectivity index (χ2v) is 5.59. The van der Waals surface area contributed by atoms with Crippen LogP contribution < -0.4 is 4.74 Å². The fourth-order valence-electron chi connectivity index (χ4n) is 1.81. The number of ether oxygens (including phenoxy) is 1. The Morgan fingerprint density at radius 2 is 2.30 bits per heavy atom. The van der Waals surface area contributed by atoms with Crippen LogP contribution in [-0.4, -0.2) is 22.7 Å². The number of aromatic nitrogens is 1. The predicted molar refractivity (Wildman–Crippen MR) is 78.5 cm³/mol. The summed E-state index contributed by atoms with van der Waals surface area (Å²) < 4.78 is 5.69. The number of carboxylic acid groups (broad SMARTS) is 1. The molecule has 20 heavy (non-hydrogen) atoms. The van der Waals surface area contributed by atoms with Gasteiger partial charge < -0.3 is 9.84 Å². The Hall–Kier alpha value is -1.88. The molecule has 2 aromatic rings. The highest BCUT2D eigenvalue weighted by Gasteiger charge is 2.06. The topological polar surface area (TPSA) is 59.4 Å². The summed E-state index contributed by atoms with van der Waals surface area (Å²) in [6.07, 6.45) is 3.35. The maximum Gasteiger partial charge on any atom is 0.308 e. The Kier molecular flexibility index (Phi) is 5.12. The van der Waals surface area contributed by atoms with E-state index in [0.717, 1.165) is 22.1 Å². The van der Waals surface area contributed by atoms with Gasteiger partial charge in [-0.05, 0) is 24.1 Å². The smallest absolute Gasteiger partial charge is 0.308 e.